The van der Waals surface area contributed by atoms with Crippen molar-refractivity contribution in [3.8, 4) is 0 Å². The van der Waals surface area contributed by atoms with Gasteiger partial charge < -0.3 is 26.0 Å². The lowest BCUT2D eigenvalue weighted by molar-refractivity contribution is -0.114. The number of rotatable bonds is 11. The molecule has 3 aromatic rings. The largest absolute Gasteiger partial charge is 0.383 e. The Kier molecular flexibility index (Phi) is 9.19. The average molecular weight is 461 g/mol. The molecule has 0 aliphatic heterocycles. The molecule has 0 aliphatic rings. The second-order valence-corrected chi connectivity index (χ2v) is 7.47. The molecule has 8 nitrogen and oxygen atoms in total. The van der Waals surface area contributed by atoms with E-state index in [1.807, 2.05) is 30.3 Å². The van der Waals surface area contributed by atoms with Crippen molar-refractivity contribution in [3.05, 3.63) is 95.6 Å². The van der Waals surface area contributed by atoms with Crippen LogP contribution >= 0.6 is 0 Å². The zero-order valence-corrected chi connectivity index (χ0v) is 19.0. The van der Waals surface area contributed by atoms with Crippen LogP contribution in [-0.4, -0.2) is 44.5 Å². The van der Waals surface area contributed by atoms with E-state index >= 15 is 0 Å². The maximum atomic E-state index is 12.3. The Bertz CT molecular complexity index is 1080. The van der Waals surface area contributed by atoms with Gasteiger partial charge in [0.25, 0.3) is 11.8 Å². The van der Waals surface area contributed by atoms with Crippen molar-refractivity contribution in [2.45, 2.75) is 6.54 Å². The summed E-state index contributed by atoms with van der Waals surface area (Å²) in [7, 11) is 1.57. The normalized spacial score (nSPS) is 10.3. The number of anilines is 2. The van der Waals surface area contributed by atoms with Gasteiger partial charge in [-0.3, -0.25) is 14.4 Å². The molecule has 0 aromatic heterocycles. The predicted molar refractivity (Wildman–Crippen MR) is 132 cm³/mol. The summed E-state index contributed by atoms with van der Waals surface area (Å²) in [6, 6.07) is 23.2. The molecule has 0 radical (unpaired) electrons. The fourth-order valence-electron chi connectivity index (χ4n) is 3.08. The van der Waals surface area contributed by atoms with Crippen molar-refractivity contribution in [1.29, 1.82) is 0 Å². The van der Waals surface area contributed by atoms with Crippen LogP contribution < -0.4 is 21.3 Å². The molecule has 0 atom stereocenters. The first-order valence-electron chi connectivity index (χ1n) is 10.9. The van der Waals surface area contributed by atoms with Gasteiger partial charge in [0.05, 0.1) is 13.2 Å². The van der Waals surface area contributed by atoms with E-state index in [-0.39, 0.29) is 24.3 Å². The number of hydrogen-bond acceptors (Lipinski definition) is 5. The molecular formula is C26H28N4O4. The van der Waals surface area contributed by atoms with Crippen LogP contribution in [0.25, 0.3) is 0 Å². The number of benzene rings is 3. The Labute approximate surface area is 198 Å². The number of ether oxygens (including phenoxy) is 1. The lowest BCUT2D eigenvalue weighted by atomic mass is 10.1. The topological polar surface area (TPSA) is 109 Å². The van der Waals surface area contributed by atoms with Crippen LogP contribution in [0.2, 0.25) is 0 Å². The van der Waals surface area contributed by atoms with Gasteiger partial charge in [0.1, 0.15) is 0 Å². The third-order valence-corrected chi connectivity index (χ3v) is 4.92. The summed E-state index contributed by atoms with van der Waals surface area (Å²) in [5, 5.41) is 11.4. The third kappa shape index (κ3) is 7.75. The van der Waals surface area contributed by atoms with Crippen molar-refractivity contribution >= 4 is 29.1 Å². The van der Waals surface area contributed by atoms with Gasteiger partial charge in [0.15, 0.2) is 0 Å². The number of carbonyl (C=O) groups is 3. The number of nitrogens with one attached hydrogen (secondary N) is 4. The highest BCUT2D eigenvalue weighted by molar-refractivity contribution is 5.97. The van der Waals surface area contributed by atoms with Crippen LogP contribution in [0.3, 0.4) is 0 Å². The average Bonchev–Trinajstić information content (AvgIpc) is 2.87. The van der Waals surface area contributed by atoms with Crippen molar-refractivity contribution in [2.75, 3.05) is 37.4 Å². The first-order valence-corrected chi connectivity index (χ1v) is 10.9. The van der Waals surface area contributed by atoms with Gasteiger partial charge in [-0.15, -0.1) is 0 Å². The van der Waals surface area contributed by atoms with E-state index in [0.29, 0.717) is 36.5 Å². The van der Waals surface area contributed by atoms with Crippen LogP contribution in [0.5, 0.6) is 0 Å². The fraction of sp³-hybridized carbons (Fsp3) is 0.192. The van der Waals surface area contributed by atoms with Crippen molar-refractivity contribution in [1.82, 2.24) is 10.6 Å². The number of hydrogen-bond donors (Lipinski definition) is 4. The van der Waals surface area contributed by atoms with Crippen LogP contribution in [0.4, 0.5) is 11.4 Å². The standard InChI is InChI=1S/C26H28N4O4/c1-34-16-15-27-25(32)20-9-13-23(14-10-20)30-24(31)18-28-22-11-7-21(8-12-22)26(33)29-17-19-5-3-2-4-6-19/h2-14,28H,15-18H2,1H3,(H,27,32)(H,29,33)(H,30,31). The summed E-state index contributed by atoms with van der Waals surface area (Å²) in [5.41, 5.74) is 3.38. The summed E-state index contributed by atoms with van der Waals surface area (Å²) in [4.78, 5) is 36.5. The Hall–Kier alpha value is -4.17. The molecular weight excluding hydrogens is 432 g/mol. The molecule has 0 fully saturated rings. The van der Waals surface area contributed by atoms with Gasteiger partial charge in [0, 0.05) is 42.7 Å². The molecule has 34 heavy (non-hydrogen) atoms. The van der Waals surface area contributed by atoms with Crippen molar-refractivity contribution < 1.29 is 19.1 Å². The lowest BCUT2D eigenvalue weighted by Gasteiger charge is -2.10. The molecule has 0 heterocycles. The molecule has 0 spiro atoms. The molecule has 0 unspecified atom stereocenters. The highest BCUT2D eigenvalue weighted by Crippen LogP contribution is 2.12. The van der Waals surface area contributed by atoms with Gasteiger partial charge in [-0.25, -0.2) is 0 Å². The summed E-state index contributed by atoms with van der Waals surface area (Å²) >= 11 is 0. The van der Waals surface area contributed by atoms with Gasteiger partial charge in [-0.2, -0.15) is 0 Å². The molecule has 0 saturated heterocycles. The molecule has 0 bridgehead atoms. The first kappa shape index (κ1) is 24.5. The van der Waals surface area contributed by atoms with Gasteiger partial charge >= 0.3 is 0 Å². The maximum absolute atomic E-state index is 12.3. The van der Waals surface area contributed by atoms with E-state index in [1.54, 1.807) is 55.6 Å². The minimum Gasteiger partial charge on any atom is -0.383 e. The van der Waals surface area contributed by atoms with Gasteiger partial charge in [0.2, 0.25) is 5.91 Å². The second-order valence-electron chi connectivity index (χ2n) is 7.47. The Balaban J connectivity index is 1.42. The lowest BCUT2D eigenvalue weighted by Crippen LogP contribution is -2.27. The van der Waals surface area contributed by atoms with E-state index in [1.165, 1.54) is 0 Å². The van der Waals surface area contributed by atoms with E-state index in [9.17, 15) is 14.4 Å². The van der Waals surface area contributed by atoms with Crippen LogP contribution in [0.15, 0.2) is 78.9 Å². The smallest absolute Gasteiger partial charge is 0.251 e. The number of methoxy groups -OCH3 is 1. The van der Waals surface area contributed by atoms with E-state index in [2.05, 4.69) is 21.3 Å². The molecule has 3 amide bonds. The van der Waals surface area contributed by atoms with Crippen LogP contribution in [-0.2, 0) is 16.1 Å². The SMILES string of the molecule is COCCNC(=O)c1ccc(NC(=O)CNc2ccc(C(=O)NCc3ccccc3)cc2)cc1. The van der Waals surface area contributed by atoms with Crippen molar-refractivity contribution in [2.24, 2.45) is 0 Å². The molecule has 0 aliphatic carbocycles. The maximum Gasteiger partial charge on any atom is 0.251 e. The first-order chi connectivity index (χ1) is 16.5. The van der Waals surface area contributed by atoms with Crippen LogP contribution in [0.1, 0.15) is 26.3 Å². The zero-order valence-electron chi connectivity index (χ0n) is 19.0. The summed E-state index contributed by atoms with van der Waals surface area (Å²) < 4.78 is 4.90. The van der Waals surface area contributed by atoms with E-state index < -0.39 is 0 Å². The molecule has 4 N–H and O–H groups in total. The number of carbonyl (C=O) groups excluding carboxylic acids is 3. The van der Waals surface area contributed by atoms with Gasteiger partial charge in [-0.05, 0) is 54.1 Å². The summed E-state index contributed by atoms with van der Waals surface area (Å²) in [6.45, 7) is 1.38. The second kappa shape index (κ2) is 12.8. The van der Waals surface area contributed by atoms with E-state index in [0.717, 1.165) is 11.3 Å². The quantitative estimate of drug-likeness (QED) is 0.329. The van der Waals surface area contributed by atoms with Crippen LogP contribution in [0, 0.1) is 0 Å². The monoisotopic (exact) mass is 460 g/mol. The highest BCUT2D eigenvalue weighted by atomic mass is 16.5. The molecule has 3 rings (SSSR count). The minimum atomic E-state index is -0.234. The summed E-state index contributed by atoms with van der Waals surface area (Å²) in [6.07, 6.45) is 0. The minimum absolute atomic E-state index is 0.0544. The molecule has 8 heteroatoms. The van der Waals surface area contributed by atoms with Gasteiger partial charge in [-0.1, -0.05) is 30.3 Å². The number of amides is 3. The highest BCUT2D eigenvalue weighted by Gasteiger charge is 2.08. The third-order valence-electron chi connectivity index (χ3n) is 4.92. The Morgan fingerprint density at radius 1 is 0.735 bits per heavy atom. The summed E-state index contributed by atoms with van der Waals surface area (Å²) in [5.74, 6) is -0.597. The Morgan fingerprint density at radius 3 is 1.94 bits per heavy atom. The Morgan fingerprint density at radius 2 is 1.32 bits per heavy atom. The van der Waals surface area contributed by atoms with E-state index in [4.69, 9.17) is 4.74 Å². The zero-order chi connectivity index (χ0) is 24.2. The van der Waals surface area contributed by atoms with Crippen molar-refractivity contribution in [3.63, 3.8) is 0 Å². The predicted octanol–water partition coefficient (Wildman–Crippen LogP) is 3.04. The molecule has 3 aromatic carbocycles. The fourth-order valence-corrected chi connectivity index (χ4v) is 3.08. The molecule has 176 valence electrons. The molecule has 0 saturated carbocycles.